The Labute approximate surface area is 198 Å². The summed E-state index contributed by atoms with van der Waals surface area (Å²) in [6, 6.07) is 30.9. The van der Waals surface area contributed by atoms with E-state index in [1.807, 2.05) is 82.8 Å². The second kappa shape index (κ2) is 10.6. The monoisotopic (exact) mass is 444 g/mol. The standard InChI is InChI=1S/C27H33BN2O3/c1-29(2)20-25(21-30(3)4)31-28-32-26(22-14-8-5-9-15-22)27(33-28,23-16-10-6-11-17-23)24-18-12-7-13-19-24/h5-19,25-26H,20-21H2,1-4H3/t26-/m0/s1. The van der Waals surface area contributed by atoms with Crippen LogP contribution in [0.25, 0.3) is 0 Å². The molecule has 6 heteroatoms. The molecule has 0 spiro atoms. The quantitative estimate of drug-likeness (QED) is 0.462. The normalized spacial score (nSPS) is 17.9. The molecule has 1 saturated heterocycles. The van der Waals surface area contributed by atoms with Crippen molar-refractivity contribution in [3.05, 3.63) is 108 Å². The third kappa shape index (κ3) is 5.37. The molecule has 0 N–H and O–H groups in total. The molecule has 0 unspecified atom stereocenters. The molecule has 1 aliphatic heterocycles. The van der Waals surface area contributed by atoms with Crippen LogP contribution in [-0.2, 0) is 19.6 Å². The lowest BCUT2D eigenvalue weighted by Gasteiger charge is -2.35. The Morgan fingerprint density at radius 2 is 1.21 bits per heavy atom. The maximum Gasteiger partial charge on any atom is 0.641 e. The van der Waals surface area contributed by atoms with E-state index >= 15 is 0 Å². The maximum atomic E-state index is 6.80. The largest absolute Gasteiger partial charge is 0.641 e. The minimum Gasteiger partial charge on any atom is -0.380 e. The van der Waals surface area contributed by atoms with Crippen LogP contribution >= 0.6 is 0 Å². The molecule has 33 heavy (non-hydrogen) atoms. The first-order chi connectivity index (χ1) is 16.0. The lowest BCUT2D eigenvalue weighted by atomic mass is 9.79. The first-order valence-electron chi connectivity index (χ1n) is 11.4. The highest BCUT2D eigenvalue weighted by atomic mass is 16.8. The summed E-state index contributed by atoms with van der Waals surface area (Å²) in [5.74, 6) is 0. The zero-order valence-corrected chi connectivity index (χ0v) is 19.9. The topological polar surface area (TPSA) is 34.2 Å². The second-order valence-corrected chi connectivity index (χ2v) is 9.08. The molecule has 1 fully saturated rings. The highest BCUT2D eigenvalue weighted by Crippen LogP contribution is 2.51. The van der Waals surface area contributed by atoms with Crippen molar-refractivity contribution in [3.8, 4) is 0 Å². The van der Waals surface area contributed by atoms with E-state index in [1.165, 1.54) is 0 Å². The molecule has 0 radical (unpaired) electrons. The van der Waals surface area contributed by atoms with E-state index in [-0.39, 0.29) is 12.2 Å². The maximum absolute atomic E-state index is 6.80. The Balaban J connectivity index is 1.77. The minimum atomic E-state index is -0.838. The van der Waals surface area contributed by atoms with Crippen molar-refractivity contribution in [2.24, 2.45) is 0 Å². The van der Waals surface area contributed by atoms with E-state index in [4.69, 9.17) is 14.0 Å². The fourth-order valence-corrected chi connectivity index (χ4v) is 4.54. The molecule has 0 amide bonds. The second-order valence-electron chi connectivity index (χ2n) is 9.08. The lowest BCUT2D eigenvalue weighted by Crippen LogP contribution is -2.42. The Morgan fingerprint density at radius 3 is 1.67 bits per heavy atom. The predicted molar refractivity (Wildman–Crippen MR) is 133 cm³/mol. The molecule has 0 aliphatic carbocycles. The van der Waals surface area contributed by atoms with Crippen molar-refractivity contribution in [3.63, 3.8) is 0 Å². The number of benzene rings is 3. The van der Waals surface area contributed by atoms with Crippen molar-refractivity contribution in [2.45, 2.75) is 17.8 Å². The molecule has 5 nitrogen and oxygen atoms in total. The van der Waals surface area contributed by atoms with E-state index in [1.54, 1.807) is 0 Å². The van der Waals surface area contributed by atoms with Crippen molar-refractivity contribution in [1.82, 2.24) is 9.80 Å². The average Bonchev–Trinajstić information content (AvgIpc) is 3.20. The lowest BCUT2D eigenvalue weighted by molar-refractivity contribution is 0.0526. The van der Waals surface area contributed by atoms with Crippen LogP contribution in [0.5, 0.6) is 0 Å². The van der Waals surface area contributed by atoms with Gasteiger partial charge in [-0.3, -0.25) is 0 Å². The molecule has 1 atom stereocenters. The fraction of sp³-hybridized carbons (Fsp3) is 0.333. The summed E-state index contributed by atoms with van der Waals surface area (Å²) >= 11 is 0. The van der Waals surface area contributed by atoms with Crippen LogP contribution in [0.3, 0.4) is 0 Å². The molecule has 4 rings (SSSR count). The van der Waals surface area contributed by atoms with Crippen molar-refractivity contribution in [2.75, 3.05) is 41.3 Å². The molecule has 3 aromatic carbocycles. The van der Waals surface area contributed by atoms with Gasteiger partial charge in [0.25, 0.3) is 0 Å². The summed E-state index contributed by atoms with van der Waals surface area (Å²) in [5.41, 5.74) is 2.28. The van der Waals surface area contributed by atoms with Gasteiger partial charge in [-0.25, -0.2) is 0 Å². The fourth-order valence-electron chi connectivity index (χ4n) is 4.54. The van der Waals surface area contributed by atoms with Crippen LogP contribution in [0.4, 0.5) is 0 Å². The van der Waals surface area contributed by atoms with Gasteiger partial charge < -0.3 is 23.8 Å². The summed E-state index contributed by atoms with van der Waals surface area (Å²) in [5, 5.41) is 0. The molecular formula is C27H33BN2O3. The first-order valence-corrected chi connectivity index (χ1v) is 11.4. The number of likely N-dealkylation sites (N-methyl/N-ethyl adjacent to an activating group) is 2. The van der Waals surface area contributed by atoms with Gasteiger partial charge >= 0.3 is 7.32 Å². The number of hydrogen-bond donors (Lipinski definition) is 0. The van der Waals surface area contributed by atoms with E-state index in [2.05, 4.69) is 46.2 Å². The zero-order chi connectivity index (χ0) is 23.3. The van der Waals surface area contributed by atoms with E-state index in [0.717, 1.165) is 29.8 Å². The molecular weight excluding hydrogens is 411 g/mol. The van der Waals surface area contributed by atoms with Gasteiger partial charge in [0, 0.05) is 13.1 Å². The summed E-state index contributed by atoms with van der Waals surface area (Å²) in [4.78, 5) is 4.25. The summed E-state index contributed by atoms with van der Waals surface area (Å²) in [7, 11) is 7.39. The van der Waals surface area contributed by atoms with Crippen molar-refractivity contribution >= 4 is 7.32 Å². The van der Waals surface area contributed by atoms with Crippen molar-refractivity contribution in [1.29, 1.82) is 0 Å². The third-order valence-electron chi connectivity index (χ3n) is 5.85. The summed E-state index contributed by atoms with van der Waals surface area (Å²) in [6.45, 7) is 1.53. The Kier molecular flexibility index (Phi) is 7.63. The molecule has 0 aromatic heterocycles. The van der Waals surface area contributed by atoms with Crippen LogP contribution in [-0.4, -0.2) is 64.5 Å². The Hall–Kier alpha value is -2.48. The highest BCUT2D eigenvalue weighted by molar-refractivity contribution is 6.37. The van der Waals surface area contributed by atoms with E-state index < -0.39 is 12.9 Å². The molecule has 0 saturated carbocycles. The summed E-state index contributed by atoms with van der Waals surface area (Å²) < 4.78 is 19.8. The third-order valence-corrected chi connectivity index (χ3v) is 5.85. The Bertz CT molecular complexity index is 937. The van der Waals surface area contributed by atoms with Gasteiger partial charge in [0.2, 0.25) is 0 Å². The molecule has 3 aromatic rings. The van der Waals surface area contributed by atoms with Gasteiger partial charge in [-0.2, -0.15) is 0 Å². The molecule has 1 heterocycles. The molecule has 0 bridgehead atoms. The van der Waals surface area contributed by atoms with E-state index in [0.29, 0.717) is 0 Å². The molecule has 172 valence electrons. The van der Waals surface area contributed by atoms with Gasteiger partial charge in [0.15, 0.2) is 0 Å². The van der Waals surface area contributed by atoms with Gasteiger partial charge in [-0.15, -0.1) is 0 Å². The van der Waals surface area contributed by atoms with Crippen LogP contribution in [0.2, 0.25) is 0 Å². The number of nitrogens with zero attached hydrogens (tertiary/aromatic N) is 2. The molecule has 1 aliphatic rings. The van der Waals surface area contributed by atoms with Gasteiger partial charge in [0.05, 0.1) is 6.10 Å². The van der Waals surface area contributed by atoms with Crippen LogP contribution in [0.1, 0.15) is 22.8 Å². The van der Waals surface area contributed by atoms with Crippen LogP contribution in [0.15, 0.2) is 91.0 Å². The predicted octanol–water partition coefficient (Wildman–Crippen LogP) is 4.21. The summed E-state index contributed by atoms with van der Waals surface area (Å²) in [6.07, 6.45) is -0.438. The van der Waals surface area contributed by atoms with Gasteiger partial charge in [0.1, 0.15) is 11.7 Å². The SMILES string of the molecule is CN(C)CC(CN(C)C)OB1O[C@@H](c2ccccc2)C(c2ccccc2)(c2ccccc2)O1. The first kappa shape index (κ1) is 23.7. The zero-order valence-electron chi connectivity index (χ0n) is 19.9. The smallest absolute Gasteiger partial charge is 0.380 e. The highest BCUT2D eigenvalue weighted by Gasteiger charge is 2.56. The van der Waals surface area contributed by atoms with Gasteiger partial charge in [-0.1, -0.05) is 91.0 Å². The van der Waals surface area contributed by atoms with Gasteiger partial charge in [-0.05, 0) is 44.9 Å². The van der Waals surface area contributed by atoms with Crippen LogP contribution in [0, 0.1) is 0 Å². The number of hydrogen-bond acceptors (Lipinski definition) is 5. The average molecular weight is 444 g/mol. The van der Waals surface area contributed by atoms with E-state index in [9.17, 15) is 0 Å². The Morgan fingerprint density at radius 1 is 0.758 bits per heavy atom. The number of rotatable bonds is 9. The van der Waals surface area contributed by atoms with Crippen molar-refractivity contribution < 1.29 is 14.0 Å². The van der Waals surface area contributed by atoms with Crippen LogP contribution < -0.4 is 0 Å². The minimum absolute atomic E-state index is 0.0706.